The lowest BCUT2D eigenvalue weighted by Gasteiger charge is -2.28. The minimum absolute atomic E-state index is 0.109. The zero-order valence-electron chi connectivity index (χ0n) is 21.6. The van der Waals surface area contributed by atoms with Gasteiger partial charge in [-0.1, -0.05) is 54.6 Å². The molecule has 0 saturated heterocycles. The maximum Gasteiger partial charge on any atom is 0.258 e. The molecule has 4 aromatic rings. The van der Waals surface area contributed by atoms with Gasteiger partial charge in [0.1, 0.15) is 11.5 Å². The number of H-pyrrole nitrogens is 1. The highest BCUT2D eigenvalue weighted by Crippen LogP contribution is 2.22. The maximum atomic E-state index is 13.0. The van der Waals surface area contributed by atoms with E-state index in [1.807, 2.05) is 54.7 Å². The molecule has 3 N–H and O–H groups in total. The Bertz CT molecular complexity index is 1380. The van der Waals surface area contributed by atoms with Crippen LogP contribution < -0.4 is 14.8 Å². The molecule has 2 amide bonds. The van der Waals surface area contributed by atoms with Gasteiger partial charge in [0.15, 0.2) is 6.61 Å². The molecule has 198 valence electrons. The van der Waals surface area contributed by atoms with Crippen LogP contribution in [-0.4, -0.2) is 53.1 Å². The van der Waals surface area contributed by atoms with Crippen molar-refractivity contribution in [3.8, 4) is 11.5 Å². The van der Waals surface area contributed by atoms with Gasteiger partial charge < -0.3 is 29.8 Å². The zero-order chi connectivity index (χ0) is 26.9. The Morgan fingerprint density at radius 3 is 2.37 bits per heavy atom. The molecule has 0 aliphatic carbocycles. The number of amides is 2. The summed E-state index contributed by atoms with van der Waals surface area (Å²) in [6.45, 7) is 1.77. The molecule has 0 bridgehead atoms. The van der Waals surface area contributed by atoms with E-state index >= 15 is 0 Å². The van der Waals surface area contributed by atoms with Gasteiger partial charge in [-0.2, -0.15) is 0 Å². The summed E-state index contributed by atoms with van der Waals surface area (Å²) in [5.41, 5.74) is 3.54. The molecule has 0 spiro atoms. The average Bonchev–Trinajstić information content (AvgIpc) is 3.34. The van der Waals surface area contributed by atoms with Gasteiger partial charge in [0, 0.05) is 48.2 Å². The van der Waals surface area contributed by atoms with Crippen molar-refractivity contribution in [2.24, 2.45) is 0 Å². The number of para-hydroxylation sites is 3. The van der Waals surface area contributed by atoms with Crippen LogP contribution in [-0.2, 0) is 29.2 Å². The molecular weight excluding hydrogens is 482 g/mol. The third-order valence-electron chi connectivity index (χ3n) is 6.45. The minimum atomic E-state index is -0.378. The summed E-state index contributed by atoms with van der Waals surface area (Å²) in [5.74, 6) is 0.734. The van der Waals surface area contributed by atoms with E-state index in [1.54, 1.807) is 36.3 Å². The highest BCUT2D eigenvalue weighted by Gasteiger charge is 2.22. The molecule has 0 fully saturated rings. The van der Waals surface area contributed by atoms with Crippen molar-refractivity contribution in [3.05, 3.63) is 95.7 Å². The Balaban J connectivity index is 1.53. The van der Waals surface area contributed by atoms with Gasteiger partial charge in [0.2, 0.25) is 5.91 Å². The number of aromatic nitrogens is 1. The predicted octanol–water partition coefficient (Wildman–Crippen LogP) is 3.82. The van der Waals surface area contributed by atoms with Crippen molar-refractivity contribution in [2.75, 3.05) is 20.3 Å². The number of fused-ring (bicyclic) bond motifs is 1. The molecule has 0 radical (unpaired) electrons. The number of aliphatic hydroxyl groups is 1. The number of carbonyl (C=O) groups is 2. The van der Waals surface area contributed by atoms with Crippen LogP contribution in [0.5, 0.6) is 11.5 Å². The third-order valence-corrected chi connectivity index (χ3v) is 6.45. The summed E-state index contributed by atoms with van der Waals surface area (Å²) < 4.78 is 11.2. The van der Waals surface area contributed by atoms with Crippen molar-refractivity contribution in [3.63, 3.8) is 0 Å². The second-order valence-electron chi connectivity index (χ2n) is 9.09. The summed E-state index contributed by atoms with van der Waals surface area (Å²) in [6, 6.07) is 22.2. The van der Waals surface area contributed by atoms with Crippen LogP contribution in [0.2, 0.25) is 0 Å². The predicted molar refractivity (Wildman–Crippen MR) is 146 cm³/mol. The van der Waals surface area contributed by atoms with Crippen molar-refractivity contribution in [2.45, 2.75) is 32.5 Å². The van der Waals surface area contributed by atoms with Crippen LogP contribution in [0.3, 0.4) is 0 Å². The van der Waals surface area contributed by atoms with E-state index in [1.165, 1.54) is 6.92 Å². The van der Waals surface area contributed by atoms with Crippen LogP contribution in [0.15, 0.2) is 79.0 Å². The quantitative estimate of drug-likeness (QED) is 0.266. The van der Waals surface area contributed by atoms with Gasteiger partial charge in [-0.15, -0.1) is 0 Å². The first-order valence-electron chi connectivity index (χ1n) is 12.5. The summed E-state index contributed by atoms with van der Waals surface area (Å²) in [4.78, 5) is 30.7. The van der Waals surface area contributed by atoms with E-state index < -0.39 is 0 Å². The summed E-state index contributed by atoms with van der Waals surface area (Å²) in [6.07, 6.45) is 2.45. The molecule has 1 aromatic heterocycles. The lowest BCUT2D eigenvalue weighted by molar-refractivity contribution is -0.131. The van der Waals surface area contributed by atoms with E-state index in [9.17, 15) is 14.7 Å². The largest absolute Gasteiger partial charge is 0.496 e. The fourth-order valence-corrected chi connectivity index (χ4v) is 4.52. The molecule has 3 aromatic carbocycles. The summed E-state index contributed by atoms with van der Waals surface area (Å²) in [7, 11) is 1.60. The Kier molecular flexibility index (Phi) is 9.00. The van der Waals surface area contributed by atoms with Gasteiger partial charge in [0.05, 0.1) is 19.8 Å². The van der Waals surface area contributed by atoms with Gasteiger partial charge in [-0.3, -0.25) is 9.59 Å². The van der Waals surface area contributed by atoms with Crippen molar-refractivity contribution < 1.29 is 24.2 Å². The summed E-state index contributed by atoms with van der Waals surface area (Å²) in [5, 5.41) is 13.7. The van der Waals surface area contributed by atoms with E-state index in [-0.39, 0.29) is 31.1 Å². The second-order valence-corrected chi connectivity index (χ2v) is 9.09. The van der Waals surface area contributed by atoms with Crippen molar-refractivity contribution >= 4 is 22.7 Å². The SMILES string of the molecule is COc1ccccc1CN(CC(Cc1c[nH]c2ccccc12)NC(=O)COc1ccccc1CO)C(C)=O. The van der Waals surface area contributed by atoms with Crippen LogP contribution in [0.25, 0.3) is 10.9 Å². The van der Waals surface area contributed by atoms with Crippen LogP contribution in [0.1, 0.15) is 23.6 Å². The van der Waals surface area contributed by atoms with E-state index in [0.29, 0.717) is 36.6 Å². The lowest BCUT2D eigenvalue weighted by Crippen LogP contribution is -2.47. The molecule has 1 unspecified atom stereocenters. The maximum absolute atomic E-state index is 13.0. The van der Waals surface area contributed by atoms with Crippen molar-refractivity contribution in [1.29, 1.82) is 0 Å². The standard InChI is InChI=1S/C30H33N3O5/c1-21(35)33(17-22-9-3-7-13-28(22)37-2)18-25(15-24-16-31-27-12-6-5-11-26(24)27)32-30(36)20-38-29-14-8-4-10-23(29)19-34/h3-14,16,25,31,34H,15,17-20H2,1-2H3,(H,32,36). The molecule has 1 heterocycles. The molecule has 8 heteroatoms. The van der Waals surface area contributed by atoms with Crippen molar-refractivity contribution in [1.82, 2.24) is 15.2 Å². The topological polar surface area (TPSA) is 104 Å². The van der Waals surface area contributed by atoms with E-state index in [4.69, 9.17) is 9.47 Å². The minimum Gasteiger partial charge on any atom is -0.496 e. The van der Waals surface area contributed by atoms with Gasteiger partial charge >= 0.3 is 0 Å². The van der Waals surface area contributed by atoms with E-state index in [2.05, 4.69) is 10.3 Å². The Morgan fingerprint density at radius 2 is 1.63 bits per heavy atom. The monoisotopic (exact) mass is 515 g/mol. The Labute approximate surface area is 222 Å². The normalized spacial score (nSPS) is 11.7. The highest BCUT2D eigenvalue weighted by molar-refractivity contribution is 5.83. The number of hydrogen-bond acceptors (Lipinski definition) is 5. The van der Waals surface area contributed by atoms with E-state index in [0.717, 1.165) is 22.0 Å². The molecule has 0 saturated carbocycles. The fraction of sp³-hybridized carbons (Fsp3) is 0.267. The molecule has 4 rings (SSSR count). The Hall–Kier alpha value is -4.30. The van der Waals surface area contributed by atoms with Crippen LogP contribution in [0.4, 0.5) is 0 Å². The number of nitrogens with zero attached hydrogens (tertiary/aromatic N) is 1. The lowest BCUT2D eigenvalue weighted by atomic mass is 10.0. The Morgan fingerprint density at radius 1 is 0.947 bits per heavy atom. The molecule has 38 heavy (non-hydrogen) atoms. The summed E-state index contributed by atoms with van der Waals surface area (Å²) >= 11 is 0. The third kappa shape index (κ3) is 6.72. The molecule has 0 aliphatic rings. The first-order chi connectivity index (χ1) is 18.5. The van der Waals surface area contributed by atoms with Crippen LogP contribution >= 0.6 is 0 Å². The number of carbonyl (C=O) groups excluding carboxylic acids is 2. The highest BCUT2D eigenvalue weighted by atomic mass is 16.5. The number of hydrogen-bond donors (Lipinski definition) is 3. The molecule has 0 aliphatic heterocycles. The second kappa shape index (κ2) is 12.8. The number of aromatic amines is 1. The number of aliphatic hydroxyl groups excluding tert-OH is 1. The molecule has 1 atom stereocenters. The smallest absolute Gasteiger partial charge is 0.258 e. The zero-order valence-corrected chi connectivity index (χ0v) is 21.6. The van der Waals surface area contributed by atoms with Gasteiger partial charge in [-0.05, 0) is 30.2 Å². The number of rotatable bonds is 12. The number of methoxy groups -OCH3 is 1. The number of nitrogens with one attached hydrogen (secondary N) is 2. The first kappa shape index (κ1) is 26.8. The molecule has 8 nitrogen and oxygen atoms in total. The van der Waals surface area contributed by atoms with Crippen LogP contribution in [0, 0.1) is 0 Å². The van der Waals surface area contributed by atoms with Gasteiger partial charge in [-0.25, -0.2) is 0 Å². The first-order valence-corrected chi connectivity index (χ1v) is 12.5. The number of ether oxygens (including phenoxy) is 2. The molecular formula is C30H33N3O5. The van der Waals surface area contributed by atoms with Gasteiger partial charge in [0.25, 0.3) is 5.91 Å². The average molecular weight is 516 g/mol. The fourth-order valence-electron chi connectivity index (χ4n) is 4.52. The number of benzene rings is 3.